The maximum atomic E-state index is 12.1. The predicted molar refractivity (Wildman–Crippen MR) is 122 cm³/mol. The topological polar surface area (TPSA) is 142 Å². The molecule has 0 unspecified atom stereocenters. The van der Waals surface area contributed by atoms with Crippen molar-refractivity contribution in [3.8, 4) is 33.0 Å². The largest absolute Gasteiger partial charge is 0.492 e. The highest BCUT2D eigenvalue weighted by Gasteiger charge is 2.30. The molecule has 2 N–H and O–H groups in total. The lowest BCUT2D eigenvalue weighted by molar-refractivity contribution is -0.134. The zero-order chi connectivity index (χ0) is 23.6. The number of carbonyl (C=O) groups is 1. The number of carboxylic acids is 1. The molecular weight excluding hydrogens is 464 g/mol. The zero-order valence-electron chi connectivity index (χ0n) is 17.6. The maximum Gasteiger partial charge on any atom is 0.320 e. The van der Waals surface area contributed by atoms with Crippen molar-refractivity contribution in [2.24, 2.45) is 0 Å². The van der Waals surface area contributed by atoms with Crippen LogP contribution in [0.2, 0.25) is 0 Å². The molecule has 0 radical (unpaired) electrons. The Morgan fingerprint density at radius 1 is 1.30 bits per heavy atom. The number of sulfonamides is 1. The summed E-state index contributed by atoms with van der Waals surface area (Å²) in [6, 6.07) is 12.5. The Morgan fingerprint density at radius 2 is 2.09 bits per heavy atom. The summed E-state index contributed by atoms with van der Waals surface area (Å²) in [5.74, 6) is -1.85. The standard InChI is InChI=1S/C22H20N4O5S2/c1-2-31-19-9-6-13(10-14(19)11-23)21-24-25-22(32-21)17-5-3-4-16-15(17)7-8-18(16)26-33(29,30)12-20(27)28/h3-6,9-10,18,26H,2,7-8,12H2,1H3,(H,27,28)/t18-/m0/s1. The van der Waals surface area contributed by atoms with Crippen LogP contribution in [0.5, 0.6) is 5.75 Å². The SMILES string of the molecule is CCOc1ccc(-c2nnc(-c3cccc4c3CC[C@@H]4NS(=O)(=O)CC(=O)O)s2)cc1C#N. The summed E-state index contributed by atoms with van der Waals surface area (Å²) in [5, 5.41) is 28.2. The lowest BCUT2D eigenvalue weighted by Gasteiger charge is -2.14. The van der Waals surface area contributed by atoms with E-state index < -0.39 is 27.8 Å². The van der Waals surface area contributed by atoms with Crippen molar-refractivity contribution in [3.63, 3.8) is 0 Å². The summed E-state index contributed by atoms with van der Waals surface area (Å²) >= 11 is 1.38. The van der Waals surface area contributed by atoms with Crippen molar-refractivity contribution >= 4 is 27.3 Å². The molecule has 4 rings (SSSR count). The van der Waals surface area contributed by atoms with E-state index in [0.29, 0.717) is 40.8 Å². The molecule has 0 aliphatic heterocycles. The van der Waals surface area contributed by atoms with Crippen LogP contribution >= 0.6 is 11.3 Å². The second-order valence-corrected chi connectivity index (χ2v) is 10.1. The molecule has 0 amide bonds. The fourth-order valence-electron chi connectivity index (χ4n) is 3.88. The molecule has 0 bridgehead atoms. The van der Waals surface area contributed by atoms with E-state index in [9.17, 15) is 18.5 Å². The number of benzene rings is 2. The van der Waals surface area contributed by atoms with Gasteiger partial charge in [0.05, 0.1) is 12.2 Å². The normalized spacial score (nSPS) is 15.1. The molecule has 3 aromatic rings. The van der Waals surface area contributed by atoms with Gasteiger partial charge in [0.2, 0.25) is 10.0 Å². The summed E-state index contributed by atoms with van der Waals surface area (Å²) in [5.41, 5.74) is 3.81. The van der Waals surface area contributed by atoms with Crippen LogP contribution in [0.4, 0.5) is 0 Å². The number of aromatic nitrogens is 2. The van der Waals surface area contributed by atoms with Gasteiger partial charge in [-0.1, -0.05) is 29.5 Å². The molecule has 0 spiro atoms. The van der Waals surface area contributed by atoms with Gasteiger partial charge in [-0.25, -0.2) is 13.1 Å². The number of rotatable bonds is 8. The first-order valence-electron chi connectivity index (χ1n) is 10.2. The maximum absolute atomic E-state index is 12.1. The van der Waals surface area contributed by atoms with Crippen LogP contribution in [0.1, 0.15) is 36.1 Å². The Labute approximate surface area is 194 Å². The van der Waals surface area contributed by atoms with Crippen LogP contribution in [-0.4, -0.2) is 42.1 Å². The molecule has 1 heterocycles. The van der Waals surface area contributed by atoms with Gasteiger partial charge in [0, 0.05) is 17.2 Å². The molecular formula is C22H20N4O5S2. The predicted octanol–water partition coefficient (Wildman–Crippen LogP) is 3.13. The monoisotopic (exact) mass is 484 g/mol. The number of fused-ring (bicyclic) bond motifs is 1. The zero-order valence-corrected chi connectivity index (χ0v) is 19.2. The number of nitrogens with zero attached hydrogens (tertiary/aromatic N) is 3. The highest BCUT2D eigenvalue weighted by molar-refractivity contribution is 7.90. The van der Waals surface area contributed by atoms with Crippen LogP contribution in [0.3, 0.4) is 0 Å². The van der Waals surface area contributed by atoms with Gasteiger partial charge in [-0.2, -0.15) is 5.26 Å². The molecule has 2 aromatic carbocycles. The first kappa shape index (κ1) is 22.8. The number of aliphatic carboxylic acids is 1. The lowest BCUT2D eigenvalue weighted by atomic mass is 10.0. The van der Waals surface area contributed by atoms with Gasteiger partial charge in [0.15, 0.2) is 5.75 Å². The molecule has 9 nitrogen and oxygen atoms in total. The fourth-order valence-corrected chi connectivity index (χ4v) is 5.86. The van der Waals surface area contributed by atoms with Gasteiger partial charge in [-0.15, -0.1) is 10.2 Å². The lowest BCUT2D eigenvalue weighted by Crippen LogP contribution is -2.32. The molecule has 0 saturated heterocycles. The first-order valence-corrected chi connectivity index (χ1v) is 12.6. The number of hydrogen-bond acceptors (Lipinski definition) is 8. The number of nitriles is 1. The number of nitrogens with one attached hydrogen (secondary N) is 1. The van der Waals surface area contributed by atoms with Crippen molar-refractivity contribution < 1.29 is 23.1 Å². The third-order valence-corrected chi connectivity index (χ3v) is 7.48. The average molecular weight is 485 g/mol. The van der Waals surface area contributed by atoms with E-state index in [1.165, 1.54) is 11.3 Å². The number of carboxylic acid groups (broad SMARTS) is 1. The summed E-state index contributed by atoms with van der Waals surface area (Å²) in [4.78, 5) is 10.8. The molecule has 33 heavy (non-hydrogen) atoms. The molecule has 11 heteroatoms. The second-order valence-electron chi connectivity index (χ2n) is 7.40. The van der Waals surface area contributed by atoms with Crippen molar-refractivity contribution in [2.45, 2.75) is 25.8 Å². The van der Waals surface area contributed by atoms with Gasteiger partial charge in [-0.3, -0.25) is 4.79 Å². The third kappa shape index (κ3) is 4.88. The van der Waals surface area contributed by atoms with Gasteiger partial charge in [0.1, 0.15) is 21.8 Å². The number of ether oxygens (including phenoxy) is 1. The van der Waals surface area contributed by atoms with Gasteiger partial charge >= 0.3 is 5.97 Å². The molecule has 0 fully saturated rings. The Kier molecular flexibility index (Phi) is 6.42. The van der Waals surface area contributed by atoms with Crippen molar-refractivity contribution in [3.05, 3.63) is 53.1 Å². The average Bonchev–Trinajstić information content (AvgIpc) is 3.41. The van der Waals surface area contributed by atoms with E-state index in [2.05, 4.69) is 21.0 Å². The molecule has 1 aromatic heterocycles. The minimum Gasteiger partial charge on any atom is -0.492 e. The van der Waals surface area contributed by atoms with Crippen LogP contribution in [-0.2, 0) is 21.2 Å². The summed E-state index contributed by atoms with van der Waals surface area (Å²) in [6.45, 7) is 2.32. The Bertz CT molecular complexity index is 1360. The second kappa shape index (κ2) is 9.27. The number of hydrogen-bond donors (Lipinski definition) is 2. The highest BCUT2D eigenvalue weighted by atomic mass is 32.2. The van der Waals surface area contributed by atoms with Crippen LogP contribution in [0.15, 0.2) is 36.4 Å². The van der Waals surface area contributed by atoms with Gasteiger partial charge < -0.3 is 9.84 Å². The summed E-state index contributed by atoms with van der Waals surface area (Å²) in [7, 11) is -3.94. The molecule has 1 atom stereocenters. The Hall–Kier alpha value is -3.33. The minimum atomic E-state index is -3.94. The molecule has 1 aliphatic carbocycles. The van der Waals surface area contributed by atoms with E-state index in [1.54, 1.807) is 12.1 Å². The fraction of sp³-hybridized carbons (Fsp3) is 0.273. The Balaban J connectivity index is 1.63. The van der Waals surface area contributed by atoms with Crippen LogP contribution < -0.4 is 9.46 Å². The van der Waals surface area contributed by atoms with Gasteiger partial charge in [0.25, 0.3) is 0 Å². The molecule has 0 saturated carbocycles. The van der Waals surface area contributed by atoms with Gasteiger partial charge in [-0.05, 0) is 49.1 Å². The third-order valence-electron chi connectivity index (χ3n) is 5.21. The quantitative estimate of drug-likeness (QED) is 0.496. The highest BCUT2D eigenvalue weighted by Crippen LogP contribution is 2.40. The van der Waals surface area contributed by atoms with Crippen LogP contribution in [0.25, 0.3) is 21.1 Å². The van der Waals surface area contributed by atoms with Crippen LogP contribution in [0, 0.1) is 11.3 Å². The minimum absolute atomic E-state index is 0.420. The van der Waals surface area contributed by atoms with E-state index in [-0.39, 0.29) is 0 Å². The summed E-state index contributed by atoms with van der Waals surface area (Å²) in [6.07, 6.45) is 1.16. The van der Waals surface area contributed by atoms with E-state index in [0.717, 1.165) is 22.3 Å². The molecule has 1 aliphatic rings. The van der Waals surface area contributed by atoms with E-state index >= 15 is 0 Å². The van der Waals surface area contributed by atoms with Crippen molar-refractivity contribution in [1.29, 1.82) is 5.26 Å². The smallest absolute Gasteiger partial charge is 0.320 e. The van der Waals surface area contributed by atoms with E-state index in [4.69, 9.17) is 9.84 Å². The summed E-state index contributed by atoms with van der Waals surface area (Å²) < 4.78 is 32.2. The Morgan fingerprint density at radius 3 is 2.82 bits per heavy atom. The van der Waals surface area contributed by atoms with Crippen molar-refractivity contribution in [2.75, 3.05) is 12.4 Å². The first-order chi connectivity index (χ1) is 15.8. The molecule has 170 valence electrons. The van der Waals surface area contributed by atoms with E-state index in [1.807, 2.05) is 31.2 Å². The van der Waals surface area contributed by atoms with Crippen molar-refractivity contribution in [1.82, 2.24) is 14.9 Å².